The van der Waals surface area contributed by atoms with Crippen LogP contribution in [0.2, 0.25) is 0 Å². The highest BCUT2D eigenvalue weighted by Crippen LogP contribution is 1.79. The fraction of sp³-hybridized carbons (Fsp3) is 0.667. The van der Waals surface area contributed by atoms with Gasteiger partial charge in [0.15, 0.2) is 0 Å². The summed E-state index contributed by atoms with van der Waals surface area (Å²) in [6.07, 6.45) is 3.59. The Morgan fingerprint density at radius 2 is 2.38 bits per heavy atom. The van der Waals surface area contributed by atoms with E-state index in [0.717, 1.165) is 19.3 Å². The number of aliphatic hydroxyl groups excluding tert-OH is 1. The SMILES string of the molecule is CCCOCC=CO. The Kier molecular flexibility index (Phi) is 6.09. The van der Waals surface area contributed by atoms with Crippen molar-refractivity contribution in [2.45, 2.75) is 13.3 Å². The van der Waals surface area contributed by atoms with Gasteiger partial charge in [0.05, 0.1) is 12.9 Å². The van der Waals surface area contributed by atoms with Gasteiger partial charge >= 0.3 is 0 Å². The van der Waals surface area contributed by atoms with Gasteiger partial charge in [-0.3, -0.25) is 0 Å². The van der Waals surface area contributed by atoms with E-state index in [1.165, 1.54) is 0 Å². The van der Waals surface area contributed by atoms with E-state index in [4.69, 9.17) is 9.84 Å². The van der Waals surface area contributed by atoms with Gasteiger partial charge in [0.1, 0.15) is 0 Å². The van der Waals surface area contributed by atoms with E-state index < -0.39 is 0 Å². The molecule has 0 rings (SSSR count). The van der Waals surface area contributed by atoms with Crippen LogP contribution in [0.1, 0.15) is 13.3 Å². The van der Waals surface area contributed by atoms with E-state index in [1.807, 2.05) is 6.92 Å². The third kappa shape index (κ3) is 5.50. The minimum absolute atomic E-state index is 0.518. The first-order chi connectivity index (χ1) is 3.91. The molecule has 0 saturated heterocycles. The molecule has 0 fully saturated rings. The molecule has 0 amide bonds. The molecule has 0 aliphatic rings. The van der Waals surface area contributed by atoms with Crippen molar-refractivity contribution in [3.63, 3.8) is 0 Å². The van der Waals surface area contributed by atoms with Crippen LogP contribution in [0.5, 0.6) is 0 Å². The first-order valence-corrected chi connectivity index (χ1v) is 2.78. The second-order valence-corrected chi connectivity index (χ2v) is 1.46. The fourth-order valence-electron chi connectivity index (χ4n) is 0.339. The molecule has 48 valence electrons. The molecule has 0 radical (unpaired) electrons. The van der Waals surface area contributed by atoms with E-state index in [9.17, 15) is 0 Å². The van der Waals surface area contributed by atoms with Gasteiger partial charge in [-0.15, -0.1) is 0 Å². The molecule has 0 aromatic rings. The zero-order valence-corrected chi connectivity index (χ0v) is 5.13. The Labute approximate surface area is 49.8 Å². The summed E-state index contributed by atoms with van der Waals surface area (Å²) >= 11 is 0. The first-order valence-electron chi connectivity index (χ1n) is 2.78. The van der Waals surface area contributed by atoms with Gasteiger partial charge in [-0.25, -0.2) is 0 Å². The smallest absolute Gasteiger partial charge is 0.0774 e. The normalized spacial score (nSPS) is 10.6. The predicted molar refractivity (Wildman–Crippen MR) is 32.9 cm³/mol. The molecule has 1 N–H and O–H groups in total. The number of rotatable bonds is 4. The molecule has 8 heavy (non-hydrogen) atoms. The summed E-state index contributed by atoms with van der Waals surface area (Å²) in [5.74, 6) is 0. The third-order valence-electron chi connectivity index (χ3n) is 0.668. The quantitative estimate of drug-likeness (QED) is 0.445. The first kappa shape index (κ1) is 7.50. The van der Waals surface area contributed by atoms with Crippen molar-refractivity contribution >= 4 is 0 Å². The zero-order chi connectivity index (χ0) is 6.24. The third-order valence-corrected chi connectivity index (χ3v) is 0.668. The van der Waals surface area contributed by atoms with Crippen LogP contribution in [0.3, 0.4) is 0 Å². The number of hydrogen-bond donors (Lipinski definition) is 1. The van der Waals surface area contributed by atoms with Crippen LogP contribution >= 0.6 is 0 Å². The predicted octanol–water partition coefficient (Wildman–Crippen LogP) is 1.48. The molecule has 0 aliphatic heterocycles. The van der Waals surface area contributed by atoms with E-state index in [0.29, 0.717) is 6.61 Å². The van der Waals surface area contributed by atoms with E-state index in [1.54, 1.807) is 6.08 Å². The molecule has 0 aromatic carbocycles. The summed E-state index contributed by atoms with van der Waals surface area (Å²) in [4.78, 5) is 0. The minimum Gasteiger partial charge on any atom is -0.516 e. The molecule has 0 unspecified atom stereocenters. The molecule has 0 saturated carbocycles. The van der Waals surface area contributed by atoms with Gasteiger partial charge < -0.3 is 9.84 Å². The molecule has 0 atom stereocenters. The van der Waals surface area contributed by atoms with Crippen LogP contribution in [-0.2, 0) is 4.74 Å². The van der Waals surface area contributed by atoms with Gasteiger partial charge in [-0.2, -0.15) is 0 Å². The van der Waals surface area contributed by atoms with E-state index in [2.05, 4.69) is 0 Å². The monoisotopic (exact) mass is 116 g/mol. The lowest BCUT2D eigenvalue weighted by atomic mass is 10.5. The molecular weight excluding hydrogens is 104 g/mol. The van der Waals surface area contributed by atoms with Crippen molar-refractivity contribution in [1.82, 2.24) is 0 Å². The van der Waals surface area contributed by atoms with Gasteiger partial charge in [-0.1, -0.05) is 6.92 Å². The molecule has 2 nitrogen and oxygen atoms in total. The Morgan fingerprint density at radius 1 is 1.62 bits per heavy atom. The lowest BCUT2D eigenvalue weighted by molar-refractivity contribution is 0.161. The summed E-state index contributed by atoms with van der Waals surface area (Å²) < 4.78 is 4.98. The highest BCUT2D eigenvalue weighted by atomic mass is 16.5. The minimum atomic E-state index is 0.518. The highest BCUT2D eigenvalue weighted by molar-refractivity contribution is 4.69. The number of hydrogen-bond acceptors (Lipinski definition) is 2. The Morgan fingerprint density at radius 3 is 2.88 bits per heavy atom. The molecule has 0 spiro atoms. The highest BCUT2D eigenvalue weighted by Gasteiger charge is 1.76. The summed E-state index contributed by atoms with van der Waals surface area (Å²) in [5.41, 5.74) is 0. The van der Waals surface area contributed by atoms with Crippen LogP contribution in [0, 0.1) is 0 Å². The average molecular weight is 116 g/mol. The molecular formula is C6H12O2. The average Bonchev–Trinajstić information content (AvgIpc) is 1.81. The summed E-state index contributed by atoms with van der Waals surface area (Å²) in [6.45, 7) is 3.33. The van der Waals surface area contributed by atoms with Crippen LogP contribution in [0.4, 0.5) is 0 Å². The van der Waals surface area contributed by atoms with Crippen LogP contribution in [-0.4, -0.2) is 18.3 Å². The molecule has 0 bridgehead atoms. The zero-order valence-electron chi connectivity index (χ0n) is 5.13. The molecule has 0 heterocycles. The maximum absolute atomic E-state index is 8.11. The van der Waals surface area contributed by atoms with Crippen molar-refractivity contribution in [2.24, 2.45) is 0 Å². The lowest BCUT2D eigenvalue weighted by Gasteiger charge is -1.93. The lowest BCUT2D eigenvalue weighted by Crippen LogP contribution is -1.90. The Hall–Kier alpha value is -0.500. The van der Waals surface area contributed by atoms with Gasteiger partial charge in [0, 0.05) is 6.61 Å². The summed E-state index contributed by atoms with van der Waals surface area (Å²) in [7, 11) is 0. The maximum Gasteiger partial charge on any atom is 0.0774 e. The van der Waals surface area contributed by atoms with Gasteiger partial charge in [0.25, 0.3) is 0 Å². The summed E-state index contributed by atoms with van der Waals surface area (Å²) in [5, 5.41) is 8.11. The van der Waals surface area contributed by atoms with Crippen molar-refractivity contribution in [2.75, 3.05) is 13.2 Å². The molecule has 0 aromatic heterocycles. The van der Waals surface area contributed by atoms with E-state index in [-0.39, 0.29) is 0 Å². The maximum atomic E-state index is 8.11. The van der Waals surface area contributed by atoms with Gasteiger partial charge in [0.2, 0.25) is 0 Å². The van der Waals surface area contributed by atoms with E-state index >= 15 is 0 Å². The van der Waals surface area contributed by atoms with Gasteiger partial charge in [-0.05, 0) is 12.5 Å². The second-order valence-electron chi connectivity index (χ2n) is 1.46. The molecule has 2 heteroatoms. The Balaban J connectivity index is 2.72. The summed E-state index contributed by atoms with van der Waals surface area (Å²) in [6, 6.07) is 0. The van der Waals surface area contributed by atoms with Crippen LogP contribution < -0.4 is 0 Å². The topological polar surface area (TPSA) is 29.5 Å². The van der Waals surface area contributed by atoms with Crippen molar-refractivity contribution < 1.29 is 9.84 Å². The molecule has 0 aliphatic carbocycles. The Bertz CT molecular complexity index is 59.5. The largest absolute Gasteiger partial charge is 0.516 e. The van der Waals surface area contributed by atoms with Crippen LogP contribution in [0.15, 0.2) is 12.3 Å². The second kappa shape index (κ2) is 6.50. The number of aliphatic hydroxyl groups is 1. The fourth-order valence-corrected chi connectivity index (χ4v) is 0.339. The van der Waals surface area contributed by atoms with Crippen molar-refractivity contribution in [3.8, 4) is 0 Å². The van der Waals surface area contributed by atoms with Crippen LogP contribution in [0.25, 0.3) is 0 Å². The van der Waals surface area contributed by atoms with Crippen molar-refractivity contribution in [3.05, 3.63) is 12.3 Å². The van der Waals surface area contributed by atoms with Crippen molar-refractivity contribution in [1.29, 1.82) is 0 Å². The standard InChI is InChI=1S/C6H12O2/c1-2-5-8-6-3-4-7/h3-4,7H,2,5-6H2,1H3. The number of ether oxygens (including phenoxy) is 1.